The monoisotopic (exact) mass is 320 g/mol. The molecule has 23 heavy (non-hydrogen) atoms. The highest BCUT2D eigenvalue weighted by atomic mass is 16.5. The first-order valence-corrected chi connectivity index (χ1v) is 8.06. The molecular weight excluding hydrogens is 292 g/mol. The SMILES string of the molecule is CCC(C)NC(=O)C(C)(C)C(=O)Nc1ccccc1OC(C)C. The van der Waals surface area contributed by atoms with Crippen molar-refractivity contribution in [3.8, 4) is 5.75 Å². The van der Waals surface area contributed by atoms with Crippen molar-refractivity contribution in [2.24, 2.45) is 5.41 Å². The minimum Gasteiger partial charge on any atom is -0.489 e. The van der Waals surface area contributed by atoms with Crippen molar-refractivity contribution in [1.82, 2.24) is 5.32 Å². The van der Waals surface area contributed by atoms with Gasteiger partial charge in [0.2, 0.25) is 11.8 Å². The Morgan fingerprint density at radius 1 is 1.13 bits per heavy atom. The van der Waals surface area contributed by atoms with E-state index in [-0.39, 0.29) is 24.0 Å². The molecule has 0 aliphatic heterocycles. The predicted octanol–water partition coefficient (Wildman–Crippen LogP) is 3.35. The minimum absolute atomic E-state index is 0.00485. The highest BCUT2D eigenvalue weighted by molar-refractivity contribution is 6.10. The Morgan fingerprint density at radius 3 is 2.30 bits per heavy atom. The van der Waals surface area contributed by atoms with E-state index in [0.29, 0.717) is 11.4 Å². The van der Waals surface area contributed by atoms with E-state index in [1.54, 1.807) is 26.0 Å². The number of hydrogen-bond acceptors (Lipinski definition) is 3. The summed E-state index contributed by atoms with van der Waals surface area (Å²) in [5.41, 5.74) is -0.607. The van der Waals surface area contributed by atoms with Crippen molar-refractivity contribution in [1.29, 1.82) is 0 Å². The molecule has 1 unspecified atom stereocenters. The molecule has 5 heteroatoms. The van der Waals surface area contributed by atoms with Gasteiger partial charge in [-0.15, -0.1) is 0 Å². The number of ether oxygens (including phenoxy) is 1. The second-order valence-electron chi connectivity index (χ2n) is 6.52. The van der Waals surface area contributed by atoms with Gasteiger partial charge in [-0.2, -0.15) is 0 Å². The molecule has 0 saturated carbocycles. The van der Waals surface area contributed by atoms with Gasteiger partial charge in [0.05, 0.1) is 11.8 Å². The van der Waals surface area contributed by atoms with Crippen molar-refractivity contribution < 1.29 is 14.3 Å². The maximum absolute atomic E-state index is 12.6. The Hall–Kier alpha value is -2.04. The van der Waals surface area contributed by atoms with E-state index >= 15 is 0 Å². The number of carbonyl (C=O) groups is 2. The van der Waals surface area contributed by atoms with Gasteiger partial charge in [-0.3, -0.25) is 9.59 Å². The maximum atomic E-state index is 12.6. The highest BCUT2D eigenvalue weighted by Crippen LogP contribution is 2.27. The van der Waals surface area contributed by atoms with E-state index in [0.717, 1.165) is 6.42 Å². The molecule has 0 spiro atoms. The van der Waals surface area contributed by atoms with E-state index in [9.17, 15) is 9.59 Å². The quantitative estimate of drug-likeness (QED) is 0.757. The van der Waals surface area contributed by atoms with Gasteiger partial charge in [-0.05, 0) is 53.2 Å². The van der Waals surface area contributed by atoms with Gasteiger partial charge in [0.25, 0.3) is 0 Å². The lowest BCUT2D eigenvalue weighted by molar-refractivity contribution is -0.138. The first kappa shape index (κ1) is 19.0. The molecule has 0 aromatic heterocycles. The summed E-state index contributed by atoms with van der Waals surface area (Å²) >= 11 is 0. The second-order valence-corrected chi connectivity index (χ2v) is 6.52. The second kappa shape index (κ2) is 7.99. The van der Waals surface area contributed by atoms with Gasteiger partial charge in [0, 0.05) is 6.04 Å². The summed E-state index contributed by atoms with van der Waals surface area (Å²) in [5, 5.41) is 5.66. The molecule has 0 bridgehead atoms. The summed E-state index contributed by atoms with van der Waals surface area (Å²) in [7, 11) is 0. The molecule has 0 saturated heterocycles. The van der Waals surface area contributed by atoms with Gasteiger partial charge in [-0.25, -0.2) is 0 Å². The summed E-state index contributed by atoms with van der Waals surface area (Å²) < 4.78 is 5.69. The average molecular weight is 320 g/mol. The number of para-hydroxylation sites is 2. The number of amides is 2. The molecule has 0 fully saturated rings. The number of benzene rings is 1. The third kappa shape index (κ3) is 5.27. The number of rotatable bonds is 7. The van der Waals surface area contributed by atoms with Crippen LogP contribution in [-0.2, 0) is 9.59 Å². The summed E-state index contributed by atoms with van der Waals surface area (Å²) in [6.07, 6.45) is 0.809. The molecule has 2 N–H and O–H groups in total. The van der Waals surface area contributed by atoms with Crippen LogP contribution < -0.4 is 15.4 Å². The predicted molar refractivity (Wildman–Crippen MR) is 92.5 cm³/mol. The Kier molecular flexibility index (Phi) is 6.61. The van der Waals surface area contributed by atoms with Crippen LogP contribution in [0.25, 0.3) is 0 Å². The standard InChI is InChI=1S/C18H28N2O3/c1-7-13(4)19-16(21)18(5,6)17(22)20-14-10-8-9-11-15(14)23-12(2)3/h8-13H,7H2,1-6H3,(H,19,21)(H,20,22). The molecule has 0 heterocycles. The lowest BCUT2D eigenvalue weighted by Gasteiger charge is -2.25. The van der Waals surface area contributed by atoms with Crippen LogP contribution >= 0.6 is 0 Å². The summed E-state index contributed by atoms with van der Waals surface area (Å²) in [5.74, 6) is -0.0568. The van der Waals surface area contributed by atoms with Crippen molar-refractivity contribution in [3.05, 3.63) is 24.3 Å². The zero-order valence-electron chi connectivity index (χ0n) is 14.9. The van der Waals surface area contributed by atoms with Gasteiger partial charge in [0.1, 0.15) is 11.2 Å². The molecule has 128 valence electrons. The molecule has 0 aliphatic rings. The molecule has 1 aromatic carbocycles. The van der Waals surface area contributed by atoms with Crippen LogP contribution in [0.2, 0.25) is 0 Å². The van der Waals surface area contributed by atoms with Gasteiger partial charge in [-0.1, -0.05) is 19.1 Å². The summed E-state index contributed by atoms with van der Waals surface area (Å²) in [6, 6.07) is 7.25. The molecule has 0 aliphatic carbocycles. The zero-order valence-corrected chi connectivity index (χ0v) is 14.9. The summed E-state index contributed by atoms with van der Waals surface area (Å²) in [4.78, 5) is 24.9. The maximum Gasteiger partial charge on any atom is 0.239 e. The number of nitrogens with one attached hydrogen (secondary N) is 2. The third-order valence-corrected chi connectivity index (χ3v) is 3.62. The van der Waals surface area contributed by atoms with Crippen molar-refractivity contribution in [2.75, 3.05) is 5.32 Å². The Morgan fingerprint density at radius 2 is 1.74 bits per heavy atom. The van der Waals surface area contributed by atoms with E-state index in [1.807, 2.05) is 39.8 Å². The van der Waals surface area contributed by atoms with E-state index in [1.165, 1.54) is 0 Å². The normalized spacial score (nSPS) is 12.7. The third-order valence-electron chi connectivity index (χ3n) is 3.62. The van der Waals surface area contributed by atoms with Crippen LogP contribution in [0.5, 0.6) is 5.75 Å². The fraction of sp³-hybridized carbons (Fsp3) is 0.556. The average Bonchev–Trinajstić information content (AvgIpc) is 2.48. The Bertz CT molecular complexity index is 553. The molecule has 1 aromatic rings. The molecular formula is C18H28N2O3. The van der Waals surface area contributed by atoms with Crippen molar-refractivity contribution in [3.63, 3.8) is 0 Å². The number of hydrogen-bond donors (Lipinski definition) is 2. The Balaban J connectivity index is 2.88. The van der Waals surface area contributed by atoms with E-state index in [2.05, 4.69) is 10.6 Å². The van der Waals surface area contributed by atoms with E-state index < -0.39 is 5.41 Å². The molecule has 1 rings (SSSR count). The first-order chi connectivity index (χ1) is 10.7. The van der Waals surface area contributed by atoms with Crippen molar-refractivity contribution >= 4 is 17.5 Å². The Labute approximate surface area is 138 Å². The summed E-state index contributed by atoms with van der Waals surface area (Å²) in [6.45, 7) is 11.0. The zero-order chi connectivity index (χ0) is 17.6. The van der Waals surface area contributed by atoms with Crippen LogP contribution in [0.3, 0.4) is 0 Å². The highest BCUT2D eigenvalue weighted by Gasteiger charge is 2.36. The fourth-order valence-electron chi connectivity index (χ4n) is 1.81. The van der Waals surface area contributed by atoms with Crippen LogP contribution in [0.4, 0.5) is 5.69 Å². The van der Waals surface area contributed by atoms with Gasteiger partial charge >= 0.3 is 0 Å². The molecule has 5 nitrogen and oxygen atoms in total. The largest absolute Gasteiger partial charge is 0.489 e. The van der Waals surface area contributed by atoms with E-state index in [4.69, 9.17) is 4.74 Å². The van der Waals surface area contributed by atoms with Crippen LogP contribution in [-0.4, -0.2) is 24.0 Å². The number of anilines is 1. The smallest absolute Gasteiger partial charge is 0.239 e. The minimum atomic E-state index is -1.17. The first-order valence-electron chi connectivity index (χ1n) is 8.06. The van der Waals surface area contributed by atoms with Gasteiger partial charge in [0.15, 0.2) is 0 Å². The number of carbonyl (C=O) groups excluding carboxylic acids is 2. The lowest BCUT2D eigenvalue weighted by atomic mass is 9.90. The fourth-order valence-corrected chi connectivity index (χ4v) is 1.81. The molecule has 0 radical (unpaired) electrons. The molecule has 1 atom stereocenters. The van der Waals surface area contributed by atoms with Crippen LogP contribution in [0, 0.1) is 5.41 Å². The lowest BCUT2D eigenvalue weighted by Crippen LogP contribution is -2.47. The van der Waals surface area contributed by atoms with Crippen LogP contribution in [0.15, 0.2) is 24.3 Å². The molecule has 2 amide bonds. The van der Waals surface area contributed by atoms with Gasteiger partial charge < -0.3 is 15.4 Å². The van der Waals surface area contributed by atoms with Crippen LogP contribution in [0.1, 0.15) is 48.0 Å². The topological polar surface area (TPSA) is 67.4 Å². The van der Waals surface area contributed by atoms with Crippen molar-refractivity contribution in [2.45, 2.75) is 60.1 Å².